The Kier molecular flexibility index (Phi) is 3.98. The maximum Gasteiger partial charge on any atom is 0.258 e. The molecule has 0 atom stereocenters. The van der Waals surface area contributed by atoms with E-state index in [1.54, 1.807) is 30.4 Å². The van der Waals surface area contributed by atoms with Crippen molar-refractivity contribution in [2.24, 2.45) is 0 Å². The summed E-state index contributed by atoms with van der Waals surface area (Å²) in [4.78, 5) is 18.0. The molecule has 2 rings (SSSR count). The summed E-state index contributed by atoms with van der Waals surface area (Å²) in [6.07, 6.45) is 3.17. The van der Waals surface area contributed by atoms with Gasteiger partial charge in [-0.25, -0.2) is 0 Å². The molecule has 21 heavy (non-hydrogen) atoms. The molecule has 1 aromatic carbocycles. The largest absolute Gasteiger partial charge is 0.396 e. The average molecular weight is 283 g/mol. The first-order valence-electron chi connectivity index (χ1n) is 6.89. The highest BCUT2D eigenvalue weighted by Crippen LogP contribution is 2.24. The Balaban J connectivity index is 2.26. The van der Waals surface area contributed by atoms with Crippen molar-refractivity contribution >= 4 is 17.3 Å². The number of benzene rings is 1. The average Bonchev–Trinajstić information content (AvgIpc) is 2.45. The van der Waals surface area contributed by atoms with Gasteiger partial charge in [0.2, 0.25) is 0 Å². The Hall–Kier alpha value is -2.36. The predicted octanol–water partition coefficient (Wildman–Crippen LogP) is 3.24. The van der Waals surface area contributed by atoms with Gasteiger partial charge in [-0.2, -0.15) is 0 Å². The summed E-state index contributed by atoms with van der Waals surface area (Å²) in [5, 5.41) is 0. The van der Waals surface area contributed by atoms with Gasteiger partial charge in [0.15, 0.2) is 0 Å². The van der Waals surface area contributed by atoms with Crippen LogP contribution in [-0.4, -0.2) is 17.9 Å². The molecule has 1 heterocycles. The molecule has 2 N–H and O–H groups in total. The van der Waals surface area contributed by atoms with Crippen LogP contribution < -0.4 is 10.6 Å². The van der Waals surface area contributed by atoms with Crippen LogP contribution in [0.4, 0.5) is 11.4 Å². The van der Waals surface area contributed by atoms with E-state index in [2.05, 4.69) is 25.8 Å². The fourth-order valence-electron chi connectivity index (χ4n) is 2.12. The number of amides is 1. The summed E-state index contributed by atoms with van der Waals surface area (Å²) in [7, 11) is 1.71. The minimum Gasteiger partial charge on any atom is -0.396 e. The zero-order chi connectivity index (χ0) is 15.6. The molecule has 0 unspecified atom stereocenters. The van der Waals surface area contributed by atoms with Crippen molar-refractivity contribution in [3.63, 3.8) is 0 Å². The normalized spacial score (nSPS) is 11.2. The molecule has 0 radical (unpaired) electrons. The van der Waals surface area contributed by atoms with E-state index < -0.39 is 0 Å². The smallest absolute Gasteiger partial charge is 0.258 e. The molecule has 0 bridgehead atoms. The van der Waals surface area contributed by atoms with Crippen molar-refractivity contribution < 1.29 is 4.79 Å². The molecular formula is C17H21N3O. The lowest BCUT2D eigenvalue weighted by molar-refractivity contribution is 0.0993. The van der Waals surface area contributed by atoms with E-state index in [1.807, 2.05) is 24.3 Å². The summed E-state index contributed by atoms with van der Waals surface area (Å²) < 4.78 is 0. The van der Waals surface area contributed by atoms with E-state index in [0.29, 0.717) is 16.9 Å². The monoisotopic (exact) mass is 283 g/mol. The van der Waals surface area contributed by atoms with Crippen molar-refractivity contribution in [1.29, 1.82) is 0 Å². The number of rotatable bonds is 2. The molecule has 0 spiro atoms. The van der Waals surface area contributed by atoms with Crippen molar-refractivity contribution in [2.75, 3.05) is 17.7 Å². The lowest BCUT2D eigenvalue weighted by Gasteiger charge is -2.21. The second-order valence-electron chi connectivity index (χ2n) is 6.13. The fraction of sp³-hybridized carbons (Fsp3) is 0.294. The van der Waals surface area contributed by atoms with E-state index in [-0.39, 0.29) is 11.3 Å². The summed E-state index contributed by atoms with van der Waals surface area (Å²) >= 11 is 0. The molecule has 1 amide bonds. The summed E-state index contributed by atoms with van der Waals surface area (Å²) in [5.74, 6) is -0.0895. The molecule has 0 aliphatic rings. The molecule has 0 fully saturated rings. The van der Waals surface area contributed by atoms with Gasteiger partial charge in [-0.15, -0.1) is 0 Å². The van der Waals surface area contributed by atoms with Crippen LogP contribution in [0.2, 0.25) is 0 Å². The van der Waals surface area contributed by atoms with Crippen LogP contribution in [0, 0.1) is 0 Å². The van der Waals surface area contributed by atoms with Crippen molar-refractivity contribution in [3.05, 3.63) is 53.9 Å². The number of nitrogens with zero attached hydrogens (tertiary/aromatic N) is 2. The molecule has 0 saturated carbocycles. The first-order valence-corrected chi connectivity index (χ1v) is 6.89. The Morgan fingerprint density at radius 1 is 1.14 bits per heavy atom. The number of aromatic nitrogens is 1. The third-order valence-electron chi connectivity index (χ3n) is 3.49. The SMILES string of the molecule is CN(C(=O)c1ccc(C(C)(C)C)cc1)c1ccncc1N. The lowest BCUT2D eigenvalue weighted by Crippen LogP contribution is -2.27. The van der Waals surface area contributed by atoms with Crippen molar-refractivity contribution in [2.45, 2.75) is 26.2 Å². The van der Waals surface area contributed by atoms with E-state index in [0.717, 1.165) is 0 Å². The van der Waals surface area contributed by atoms with Crippen LogP contribution in [-0.2, 0) is 5.41 Å². The molecule has 4 heteroatoms. The highest BCUT2D eigenvalue weighted by molar-refractivity contribution is 6.07. The van der Waals surface area contributed by atoms with Gasteiger partial charge >= 0.3 is 0 Å². The topological polar surface area (TPSA) is 59.2 Å². The predicted molar refractivity (Wildman–Crippen MR) is 86.5 cm³/mol. The standard InChI is InChI=1S/C17H21N3O/c1-17(2,3)13-7-5-12(6-8-13)16(21)20(4)15-9-10-19-11-14(15)18/h5-11H,18H2,1-4H3. The van der Waals surface area contributed by atoms with Gasteiger partial charge < -0.3 is 10.6 Å². The summed E-state index contributed by atoms with van der Waals surface area (Å²) in [5.41, 5.74) is 8.92. The maximum absolute atomic E-state index is 12.5. The maximum atomic E-state index is 12.5. The summed E-state index contributed by atoms with van der Waals surface area (Å²) in [6, 6.07) is 9.44. The van der Waals surface area contributed by atoms with Gasteiger partial charge in [-0.1, -0.05) is 32.9 Å². The number of nitrogens with two attached hydrogens (primary N) is 1. The Labute approximate surface area is 125 Å². The Morgan fingerprint density at radius 3 is 2.29 bits per heavy atom. The van der Waals surface area contributed by atoms with Crippen LogP contribution in [0.25, 0.3) is 0 Å². The number of carbonyl (C=O) groups is 1. The number of anilines is 2. The number of hydrogen-bond acceptors (Lipinski definition) is 3. The lowest BCUT2D eigenvalue weighted by atomic mass is 9.86. The number of pyridine rings is 1. The van der Waals surface area contributed by atoms with Crippen LogP contribution in [0.15, 0.2) is 42.7 Å². The van der Waals surface area contributed by atoms with Crippen LogP contribution in [0.5, 0.6) is 0 Å². The van der Waals surface area contributed by atoms with Crippen LogP contribution in [0.3, 0.4) is 0 Å². The Bertz CT molecular complexity index is 642. The van der Waals surface area contributed by atoms with E-state index in [1.165, 1.54) is 5.56 Å². The second kappa shape index (κ2) is 5.56. The molecule has 0 aliphatic carbocycles. The number of nitrogen functional groups attached to an aromatic ring is 1. The highest BCUT2D eigenvalue weighted by atomic mass is 16.2. The second-order valence-corrected chi connectivity index (χ2v) is 6.13. The molecule has 4 nitrogen and oxygen atoms in total. The third kappa shape index (κ3) is 3.21. The fourth-order valence-corrected chi connectivity index (χ4v) is 2.12. The minimum atomic E-state index is -0.0895. The van der Waals surface area contributed by atoms with E-state index >= 15 is 0 Å². The summed E-state index contributed by atoms with van der Waals surface area (Å²) in [6.45, 7) is 6.44. The van der Waals surface area contributed by atoms with E-state index in [4.69, 9.17) is 5.73 Å². The molecule has 0 saturated heterocycles. The van der Waals surface area contributed by atoms with Crippen LogP contribution in [0.1, 0.15) is 36.7 Å². The molecule has 2 aromatic rings. The van der Waals surface area contributed by atoms with Crippen molar-refractivity contribution in [1.82, 2.24) is 4.98 Å². The molecule has 0 aliphatic heterocycles. The molecule has 110 valence electrons. The zero-order valence-corrected chi connectivity index (χ0v) is 12.9. The van der Waals surface area contributed by atoms with E-state index in [9.17, 15) is 4.79 Å². The van der Waals surface area contributed by atoms with Crippen molar-refractivity contribution in [3.8, 4) is 0 Å². The van der Waals surface area contributed by atoms with Gasteiger partial charge in [0.05, 0.1) is 17.6 Å². The minimum absolute atomic E-state index is 0.0724. The van der Waals surface area contributed by atoms with Gasteiger partial charge in [-0.05, 0) is 29.2 Å². The van der Waals surface area contributed by atoms with Gasteiger partial charge in [0.25, 0.3) is 5.91 Å². The molecular weight excluding hydrogens is 262 g/mol. The first kappa shape index (κ1) is 15.0. The highest BCUT2D eigenvalue weighted by Gasteiger charge is 2.17. The zero-order valence-electron chi connectivity index (χ0n) is 12.9. The number of carbonyl (C=O) groups excluding carboxylic acids is 1. The van der Waals surface area contributed by atoms with Gasteiger partial charge in [-0.3, -0.25) is 9.78 Å². The third-order valence-corrected chi connectivity index (χ3v) is 3.49. The first-order chi connectivity index (χ1) is 9.80. The van der Waals surface area contributed by atoms with Gasteiger partial charge in [0.1, 0.15) is 0 Å². The molecule has 1 aromatic heterocycles. The van der Waals surface area contributed by atoms with Crippen LogP contribution >= 0.6 is 0 Å². The van der Waals surface area contributed by atoms with Gasteiger partial charge in [0, 0.05) is 18.8 Å². The Morgan fingerprint density at radius 2 is 1.76 bits per heavy atom. The quantitative estimate of drug-likeness (QED) is 0.920. The number of hydrogen-bond donors (Lipinski definition) is 1.